The second-order valence-corrected chi connectivity index (χ2v) is 11.8. The van der Waals surface area contributed by atoms with Crippen LogP contribution >= 0.6 is 11.3 Å². The molecule has 0 spiro atoms. The van der Waals surface area contributed by atoms with E-state index < -0.39 is 0 Å². The maximum absolute atomic E-state index is 13.8. The van der Waals surface area contributed by atoms with Gasteiger partial charge in [0.1, 0.15) is 0 Å². The maximum atomic E-state index is 13.8. The summed E-state index contributed by atoms with van der Waals surface area (Å²) in [4.78, 5) is 19.4. The molecule has 0 aliphatic carbocycles. The lowest BCUT2D eigenvalue weighted by atomic mass is 9.92. The van der Waals surface area contributed by atoms with E-state index in [0.29, 0.717) is 10.3 Å². The number of benzene rings is 7. The van der Waals surface area contributed by atoms with Crippen molar-refractivity contribution in [2.75, 3.05) is 0 Å². The molecule has 7 aromatic carbocycles. The maximum Gasteiger partial charge on any atom is 0.266 e. The van der Waals surface area contributed by atoms with Crippen LogP contribution in [0, 0.1) is 0 Å². The van der Waals surface area contributed by atoms with Crippen molar-refractivity contribution in [2.24, 2.45) is 0 Å². The van der Waals surface area contributed by atoms with Crippen LogP contribution in [0.3, 0.4) is 0 Å². The van der Waals surface area contributed by atoms with Crippen LogP contribution in [0.1, 0.15) is 0 Å². The highest BCUT2D eigenvalue weighted by molar-refractivity contribution is 7.23. The van der Waals surface area contributed by atoms with Crippen molar-refractivity contribution < 1.29 is 0 Å². The summed E-state index contributed by atoms with van der Waals surface area (Å²) in [5.74, 6) is 0. The highest BCUT2D eigenvalue weighted by Crippen LogP contribution is 2.38. The standard InChI is InChI=1S/C38H22N2OS/c41-37-32-18-15-26(24-14-17-31-29-12-5-4-10-27(29)28-11-6-7-13-30(28)33(31)20-24)22-36(32)42-38-39-34-19-16-25(21-35(34)40(37)38)23-8-2-1-3-9-23/h1-22H. The fraction of sp³-hybridized carbons (Fsp3) is 0. The third kappa shape index (κ3) is 3.39. The fourth-order valence-corrected chi connectivity index (χ4v) is 7.46. The van der Waals surface area contributed by atoms with Crippen LogP contribution in [0.25, 0.3) is 80.7 Å². The van der Waals surface area contributed by atoms with Gasteiger partial charge in [-0.2, -0.15) is 0 Å². The Hall–Kier alpha value is -5.32. The fourth-order valence-electron chi connectivity index (χ4n) is 6.40. The Balaban J connectivity index is 1.24. The summed E-state index contributed by atoms with van der Waals surface area (Å²) in [7, 11) is 0. The first kappa shape index (κ1) is 23.4. The number of imidazole rings is 1. The van der Waals surface area contributed by atoms with Crippen LogP contribution in [-0.4, -0.2) is 9.38 Å². The molecule has 0 aliphatic rings. The van der Waals surface area contributed by atoms with Crippen LogP contribution in [0.4, 0.5) is 0 Å². The van der Waals surface area contributed by atoms with Crippen LogP contribution in [0.5, 0.6) is 0 Å². The zero-order chi connectivity index (χ0) is 27.8. The van der Waals surface area contributed by atoms with Gasteiger partial charge in [0.2, 0.25) is 0 Å². The van der Waals surface area contributed by atoms with Gasteiger partial charge in [-0.05, 0) is 84.9 Å². The van der Waals surface area contributed by atoms with E-state index in [-0.39, 0.29) is 5.56 Å². The third-order valence-electron chi connectivity index (χ3n) is 8.42. The van der Waals surface area contributed by atoms with E-state index in [4.69, 9.17) is 4.98 Å². The molecule has 3 nitrogen and oxygen atoms in total. The molecule has 0 unspecified atom stereocenters. The zero-order valence-corrected chi connectivity index (χ0v) is 23.2. The minimum absolute atomic E-state index is 0.0333. The van der Waals surface area contributed by atoms with Crippen molar-refractivity contribution in [3.63, 3.8) is 0 Å². The summed E-state index contributed by atoms with van der Waals surface area (Å²) in [6.07, 6.45) is 0. The van der Waals surface area contributed by atoms with Crippen molar-refractivity contribution >= 4 is 69.7 Å². The van der Waals surface area contributed by atoms with E-state index in [9.17, 15) is 4.79 Å². The lowest BCUT2D eigenvalue weighted by Crippen LogP contribution is -2.11. The van der Waals surface area contributed by atoms with Crippen LogP contribution in [-0.2, 0) is 0 Å². The van der Waals surface area contributed by atoms with Crippen molar-refractivity contribution in [3.05, 3.63) is 144 Å². The minimum atomic E-state index is -0.0333. The van der Waals surface area contributed by atoms with Gasteiger partial charge in [0.15, 0.2) is 4.96 Å². The number of nitrogens with zero attached hydrogens (tertiary/aromatic N) is 2. The topological polar surface area (TPSA) is 34.4 Å². The summed E-state index contributed by atoms with van der Waals surface area (Å²) in [5, 5.41) is 8.24. The third-order valence-corrected chi connectivity index (χ3v) is 9.44. The van der Waals surface area contributed by atoms with Gasteiger partial charge >= 0.3 is 0 Å². The molecule has 0 aliphatic heterocycles. The van der Waals surface area contributed by atoms with E-state index in [1.54, 1.807) is 15.7 Å². The highest BCUT2D eigenvalue weighted by Gasteiger charge is 2.15. The van der Waals surface area contributed by atoms with Gasteiger partial charge in [0.25, 0.3) is 5.56 Å². The summed E-state index contributed by atoms with van der Waals surface area (Å²) < 4.78 is 2.70. The number of hydrogen-bond acceptors (Lipinski definition) is 3. The Kier molecular flexibility index (Phi) is 4.92. The Labute approximate surface area is 244 Å². The van der Waals surface area contributed by atoms with Crippen molar-refractivity contribution in [1.29, 1.82) is 0 Å². The van der Waals surface area contributed by atoms with Crippen LogP contribution in [0.15, 0.2) is 138 Å². The Morgan fingerprint density at radius 1 is 0.476 bits per heavy atom. The average molecular weight is 555 g/mol. The first-order valence-electron chi connectivity index (χ1n) is 14.0. The van der Waals surface area contributed by atoms with Gasteiger partial charge in [-0.1, -0.05) is 114 Å². The van der Waals surface area contributed by atoms with Gasteiger partial charge in [-0.15, -0.1) is 0 Å². The molecular weight excluding hydrogens is 532 g/mol. The lowest BCUT2D eigenvalue weighted by molar-refractivity contribution is 1.20. The van der Waals surface area contributed by atoms with Crippen LogP contribution < -0.4 is 5.56 Å². The number of hydrogen-bond donors (Lipinski definition) is 0. The number of aromatic nitrogens is 2. The molecule has 0 atom stereocenters. The van der Waals surface area contributed by atoms with Gasteiger partial charge in [-0.3, -0.25) is 4.79 Å². The quantitative estimate of drug-likeness (QED) is 0.199. The molecule has 0 N–H and O–H groups in total. The van der Waals surface area contributed by atoms with Gasteiger partial charge < -0.3 is 0 Å². The monoisotopic (exact) mass is 554 g/mol. The Bertz CT molecular complexity index is 2560. The number of fused-ring (bicyclic) bond motifs is 10. The second-order valence-electron chi connectivity index (χ2n) is 10.8. The molecule has 0 radical (unpaired) electrons. The van der Waals surface area contributed by atoms with Gasteiger partial charge in [0, 0.05) is 4.70 Å². The molecule has 9 rings (SSSR count). The first-order chi connectivity index (χ1) is 20.7. The van der Waals surface area contributed by atoms with E-state index in [2.05, 4.69) is 103 Å². The molecule has 0 saturated heterocycles. The van der Waals surface area contributed by atoms with Gasteiger partial charge in [-0.25, -0.2) is 9.38 Å². The molecule has 2 heterocycles. The molecule has 0 amide bonds. The van der Waals surface area contributed by atoms with E-state index in [1.165, 1.54) is 32.3 Å². The van der Waals surface area contributed by atoms with E-state index in [0.717, 1.165) is 38.0 Å². The molecule has 42 heavy (non-hydrogen) atoms. The van der Waals surface area contributed by atoms with Crippen LogP contribution in [0.2, 0.25) is 0 Å². The van der Waals surface area contributed by atoms with Crippen molar-refractivity contribution in [3.8, 4) is 22.3 Å². The zero-order valence-electron chi connectivity index (χ0n) is 22.4. The summed E-state index contributed by atoms with van der Waals surface area (Å²) in [5.41, 5.74) is 6.04. The largest absolute Gasteiger partial charge is 0.268 e. The normalized spacial score (nSPS) is 11.9. The second kappa shape index (κ2) is 8.84. The molecule has 0 fully saturated rings. The molecule has 0 bridgehead atoms. The SMILES string of the molecule is O=c1c2ccc(-c3ccc4c5ccccc5c5ccccc5c4c3)cc2sc2nc3ccc(-c4ccccc4)cc3n12. The highest BCUT2D eigenvalue weighted by atomic mass is 32.1. The Morgan fingerprint density at radius 2 is 1.02 bits per heavy atom. The molecule has 4 heteroatoms. The lowest BCUT2D eigenvalue weighted by Gasteiger charge is -2.12. The summed E-state index contributed by atoms with van der Waals surface area (Å²) in [6.45, 7) is 0. The van der Waals surface area contributed by atoms with Crippen molar-refractivity contribution in [2.45, 2.75) is 0 Å². The van der Waals surface area contributed by atoms with E-state index >= 15 is 0 Å². The molecule has 2 aromatic heterocycles. The Morgan fingerprint density at radius 3 is 1.74 bits per heavy atom. The predicted octanol–water partition coefficient (Wildman–Crippen LogP) is 9.86. The molecule has 0 saturated carbocycles. The molecule has 9 aromatic rings. The van der Waals surface area contributed by atoms with Gasteiger partial charge in [0.05, 0.1) is 16.4 Å². The summed E-state index contributed by atoms with van der Waals surface area (Å²) >= 11 is 1.56. The molecule has 196 valence electrons. The number of rotatable bonds is 2. The minimum Gasteiger partial charge on any atom is -0.268 e. The van der Waals surface area contributed by atoms with E-state index in [1.807, 2.05) is 30.3 Å². The predicted molar refractivity (Wildman–Crippen MR) is 178 cm³/mol. The average Bonchev–Trinajstić information content (AvgIpc) is 3.42. The first-order valence-corrected chi connectivity index (χ1v) is 14.8. The van der Waals surface area contributed by atoms with Crippen molar-refractivity contribution in [1.82, 2.24) is 9.38 Å². The summed E-state index contributed by atoms with van der Waals surface area (Å²) in [6, 6.07) is 46.6. The smallest absolute Gasteiger partial charge is 0.266 e. The molecular formula is C38H22N2OS.